The topological polar surface area (TPSA) is 12.9 Å². The Labute approximate surface area is 173 Å². The van der Waals surface area contributed by atoms with Gasteiger partial charge in [-0.2, -0.15) is 0 Å². The molecule has 1 nitrogen and oxygen atoms in total. The maximum atomic E-state index is 4.68. The second kappa shape index (κ2) is 11.4. The largest absolute Gasteiger partial charge is 0.256 e. The van der Waals surface area contributed by atoms with Crippen molar-refractivity contribution in [2.45, 2.75) is 90.9 Å². The zero-order valence-corrected chi connectivity index (χ0v) is 18.1. The Morgan fingerprint density at radius 3 is 1.96 bits per heavy atom. The molecule has 1 aliphatic carbocycles. The van der Waals surface area contributed by atoms with Crippen molar-refractivity contribution in [3.05, 3.63) is 53.7 Å². The molecule has 1 saturated carbocycles. The average molecular weight is 378 g/mol. The monoisotopic (exact) mass is 377 g/mol. The molecule has 0 atom stereocenters. The van der Waals surface area contributed by atoms with Gasteiger partial charge < -0.3 is 0 Å². The van der Waals surface area contributed by atoms with E-state index >= 15 is 0 Å². The van der Waals surface area contributed by atoms with E-state index in [1.54, 1.807) is 0 Å². The SMILES string of the molecule is CCCCc1ccc(-c2ccc(CCC3CCC(CCCC)CC3)cc2)nc1. The van der Waals surface area contributed by atoms with Crippen molar-refractivity contribution in [1.29, 1.82) is 0 Å². The predicted molar refractivity (Wildman–Crippen MR) is 122 cm³/mol. The van der Waals surface area contributed by atoms with Gasteiger partial charge in [0, 0.05) is 11.8 Å². The zero-order chi connectivity index (χ0) is 19.6. The van der Waals surface area contributed by atoms with Gasteiger partial charge in [0.15, 0.2) is 0 Å². The summed E-state index contributed by atoms with van der Waals surface area (Å²) in [7, 11) is 0. The number of pyridine rings is 1. The summed E-state index contributed by atoms with van der Waals surface area (Å²) in [4.78, 5) is 4.68. The van der Waals surface area contributed by atoms with Gasteiger partial charge in [0.05, 0.1) is 5.69 Å². The van der Waals surface area contributed by atoms with E-state index in [2.05, 4.69) is 61.4 Å². The third kappa shape index (κ3) is 6.47. The molecule has 28 heavy (non-hydrogen) atoms. The van der Waals surface area contributed by atoms with Crippen LogP contribution in [0.5, 0.6) is 0 Å². The predicted octanol–water partition coefficient (Wildman–Crippen LogP) is 8.02. The second-order valence-corrected chi connectivity index (χ2v) is 8.92. The highest BCUT2D eigenvalue weighted by molar-refractivity contribution is 5.59. The number of unbranched alkanes of at least 4 members (excludes halogenated alkanes) is 2. The quantitative estimate of drug-likeness (QED) is 0.408. The summed E-state index contributed by atoms with van der Waals surface area (Å²) in [6.45, 7) is 4.55. The van der Waals surface area contributed by atoms with Crippen molar-refractivity contribution in [2.24, 2.45) is 11.8 Å². The number of nitrogens with zero attached hydrogens (tertiary/aromatic N) is 1. The normalized spacial score (nSPS) is 19.6. The number of benzene rings is 1. The molecule has 0 spiro atoms. The molecular weight excluding hydrogens is 338 g/mol. The van der Waals surface area contributed by atoms with Gasteiger partial charge in [0.25, 0.3) is 0 Å². The molecule has 0 aliphatic heterocycles. The molecule has 1 aromatic heterocycles. The maximum Gasteiger partial charge on any atom is 0.0702 e. The first-order chi connectivity index (χ1) is 13.8. The van der Waals surface area contributed by atoms with Gasteiger partial charge in [0.2, 0.25) is 0 Å². The molecular formula is C27H39N. The van der Waals surface area contributed by atoms with E-state index in [4.69, 9.17) is 0 Å². The van der Waals surface area contributed by atoms with E-state index in [0.717, 1.165) is 24.0 Å². The Kier molecular flexibility index (Phi) is 8.58. The Morgan fingerprint density at radius 1 is 0.714 bits per heavy atom. The van der Waals surface area contributed by atoms with E-state index in [0.29, 0.717) is 0 Å². The number of hydrogen-bond donors (Lipinski definition) is 0. The molecule has 3 rings (SSSR count). The zero-order valence-electron chi connectivity index (χ0n) is 18.1. The Hall–Kier alpha value is -1.63. The smallest absolute Gasteiger partial charge is 0.0702 e. The molecule has 1 aromatic carbocycles. The molecule has 0 amide bonds. The van der Waals surface area contributed by atoms with Gasteiger partial charge >= 0.3 is 0 Å². The van der Waals surface area contributed by atoms with Crippen molar-refractivity contribution in [3.63, 3.8) is 0 Å². The van der Waals surface area contributed by atoms with E-state index in [1.807, 2.05) is 0 Å². The third-order valence-electron chi connectivity index (χ3n) is 6.67. The molecule has 1 heterocycles. The fraction of sp³-hybridized carbons (Fsp3) is 0.593. The minimum atomic E-state index is 0.954. The van der Waals surface area contributed by atoms with Crippen LogP contribution >= 0.6 is 0 Å². The maximum absolute atomic E-state index is 4.68. The van der Waals surface area contributed by atoms with Crippen LogP contribution in [0.3, 0.4) is 0 Å². The molecule has 0 radical (unpaired) electrons. The average Bonchev–Trinajstić information content (AvgIpc) is 2.76. The second-order valence-electron chi connectivity index (χ2n) is 8.92. The highest BCUT2D eigenvalue weighted by Gasteiger charge is 2.20. The fourth-order valence-corrected chi connectivity index (χ4v) is 4.64. The van der Waals surface area contributed by atoms with Gasteiger partial charge in [-0.15, -0.1) is 0 Å². The first-order valence-corrected chi connectivity index (χ1v) is 11.8. The summed E-state index contributed by atoms with van der Waals surface area (Å²) < 4.78 is 0. The lowest BCUT2D eigenvalue weighted by Crippen LogP contribution is -2.15. The molecule has 0 bridgehead atoms. The van der Waals surface area contributed by atoms with Crippen molar-refractivity contribution < 1.29 is 0 Å². The highest BCUT2D eigenvalue weighted by atomic mass is 14.7. The molecule has 0 saturated heterocycles. The molecule has 152 valence electrons. The molecule has 0 unspecified atom stereocenters. The first-order valence-electron chi connectivity index (χ1n) is 11.8. The minimum Gasteiger partial charge on any atom is -0.256 e. The molecule has 0 N–H and O–H groups in total. The Bertz CT molecular complexity index is 662. The van der Waals surface area contributed by atoms with Crippen LogP contribution in [0.25, 0.3) is 11.3 Å². The van der Waals surface area contributed by atoms with Crippen LogP contribution in [-0.2, 0) is 12.8 Å². The standard InChI is InChI=1S/C27H39N/c1-3-5-7-22-9-11-23(12-10-22)13-14-24-15-18-26(19-16-24)27-20-17-25(21-28-27)8-6-4-2/h15-23H,3-14H2,1-2H3. The summed E-state index contributed by atoms with van der Waals surface area (Å²) >= 11 is 0. The number of rotatable bonds is 10. The highest BCUT2D eigenvalue weighted by Crippen LogP contribution is 2.34. The fourth-order valence-electron chi connectivity index (χ4n) is 4.64. The summed E-state index contributed by atoms with van der Waals surface area (Å²) in [6, 6.07) is 13.6. The number of aryl methyl sites for hydroxylation is 2. The molecule has 1 aliphatic rings. The summed E-state index contributed by atoms with van der Waals surface area (Å²) in [5, 5.41) is 0. The van der Waals surface area contributed by atoms with Crippen molar-refractivity contribution in [1.82, 2.24) is 4.98 Å². The Balaban J connectivity index is 1.44. The lowest BCUT2D eigenvalue weighted by molar-refractivity contribution is 0.250. The third-order valence-corrected chi connectivity index (χ3v) is 6.67. The van der Waals surface area contributed by atoms with Gasteiger partial charge in [-0.3, -0.25) is 4.98 Å². The number of hydrogen-bond acceptors (Lipinski definition) is 1. The van der Waals surface area contributed by atoms with Crippen LogP contribution in [-0.4, -0.2) is 4.98 Å². The Morgan fingerprint density at radius 2 is 1.36 bits per heavy atom. The van der Waals surface area contributed by atoms with E-state index in [9.17, 15) is 0 Å². The van der Waals surface area contributed by atoms with Crippen LogP contribution in [0, 0.1) is 11.8 Å². The van der Waals surface area contributed by atoms with Gasteiger partial charge in [-0.25, -0.2) is 0 Å². The van der Waals surface area contributed by atoms with Crippen LogP contribution in [0.2, 0.25) is 0 Å². The number of aromatic nitrogens is 1. The van der Waals surface area contributed by atoms with E-state index < -0.39 is 0 Å². The summed E-state index contributed by atoms with van der Waals surface area (Å²) in [6.07, 6.45) is 18.4. The first kappa shape index (κ1) is 21.1. The van der Waals surface area contributed by atoms with Crippen molar-refractivity contribution in [2.75, 3.05) is 0 Å². The van der Waals surface area contributed by atoms with Crippen LogP contribution < -0.4 is 0 Å². The summed E-state index contributed by atoms with van der Waals surface area (Å²) in [5.41, 5.74) is 5.17. The van der Waals surface area contributed by atoms with E-state index in [1.165, 1.54) is 87.3 Å². The molecule has 1 fully saturated rings. The van der Waals surface area contributed by atoms with Crippen molar-refractivity contribution >= 4 is 0 Å². The summed E-state index contributed by atoms with van der Waals surface area (Å²) in [5.74, 6) is 1.98. The minimum absolute atomic E-state index is 0.954. The lowest BCUT2D eigenvalue weighted by atomic mass is 9.78. The van der Waals surface area contributed by atoms with Gasteiger partial charge in [-0.05, 0) is 54.7 Å². The molecule has 1 heteroatoms. The van der Waals surface area contributed by atoms with Crippen molar-refractivity contribution in [3.8, 4) is 11.3 Å². The van der Waals surface area contributed by atoms with Gasteiger partial charge in [-0.1, -0.05) is 95.5 Å². The lowest BCUT2D eigenvalue weighted by Gasteiger charge is -2.28. The van der Waals surface area contributed by atoms with Gasteiger partial charge in [0.1, 0.15) is 0 Å². The van der Waals surface area contributed by atoms with Crippen LogP contribution in [0.1, 0.15) is 89.2 Å². The van der Waals surface area contributed by atoms with E-state index in [-0.39, 0.29) is 0 Å². The van der Waals surface area contributed by atoms with Crippen LogP contribution in [0.15, 0.2) is 42.6 Å². The molecule has 2 aromatic rings. The van der Waals surface area contributed by atoms with Crippen LogP contribution in [0.4, 0.5) is 0 Å².